The molecule has 0 unspecified atom stereocenters. The first-order chi connectivity index (χ1) is 17.0. The highest BCUT2D eigenvalue weighted by Gasteiger charge is 2.31. The predicted molar refractivity (Wildman–Crippen MR) is 130 cm³/mol. The number of benzene rings is 3. The maximum atomic E-state index is 13.0. The summed E-state index contributed by atoms with van der Waals surface area (Å²) in [5.41, 5.74) is 2.66. The highest BCUT2D eigenvalue weighted by atomic mass is 19.1. The van der Waals surface area contributed by atoms with Gasteiger partial charge in [-0.1, -0.05) is 6.07 Å². The molecule has 1 saturated heterocycles. The summed E-state index contributed by atoms with van der Waals surface area (Å²) in [4.78, 5) is 26.3. The number of carboxylic acids is 1. The number of nitrogens with zero attached hydrogens (tertiary/aromatic N) is 2. The molecule has 8 heteroatoms. The van der Waals surface area contributed by atoms with Crippen molar-refractivity contribution in [1.29, 1.82) is 0 Å². The number of para-hydroxylation sites is 1. The van der Waals surface area contributed by atoms with Crippen LogP contribution in [0.2, 0.25) is 0 Å². The molecular weight excluding hydrogens is 449 g/mol. The van der Waals surface area contributed by atoms with Crippen LogP contribution in [0.15, 0.2) is 91.3 Å². The number of carboxylic acid groups (broad SMARTS) is 1. The fourth-order valence-electron chi connectivity index (χ4n) is 4.04. The summed E-state index contributed by atoms with van der Waals surface area (Å²) >= 11 is 0. The molecule has 1 aliphatic heterocycles. The molecule has 2 heterocycles. The van der Waals surface area contributed by atoms with Gasteiger partial charge in [0.15, 0.2) is 0 Å². The average molecular weight is 471 g/mol. The van der Waals surface area contributed by atoms with Gasteiger partial charge < -0.3 is 24.6 Å². The van der Waals surface area contributed by atoms with E-state index in [1.54, 1.807) is 36.4 Å². The fraction of sp³-hybridized carbons (Fsp3) is 0.111. The van der Waals surface area contributed by atoms with Gasteiger partial charge in [0, 0.05) is 23.6 Å². The first-order valence-corrected chi connectivity index (χ1v) is 11.1. The molecule has 7 nitrogen and oxygen atoms in total. The lowest BCUT2D eigenvalue weighted by atomic mass is 10.1. The number of rotatable bonds is 7. The number of ether oxygens (including phenoxy) is 1. The van der Waals surface area contributed by atoms with E-state index < -0.39 is 5.97 Å². The summed E-state index contributed by atoms with van der Waals surface area (Å²) in [6.07, 6.45) is 3.58. The van der Waals surface area contributed by atoms with Gasteiger partial charge in [0.2, 0.25) is 0 Å². The molecule has 1 fully saturated rings. The summed E-state index contributed by atoms with van der Waals surface area (Å²) in [7, 11) is 0. The number of nitrogens with one attached hydrogen (secondary N) is 1. The Hall–Kier alpha value is -4.59. The van der Waals surface area contributed by atoms with E-state index in [-0.39, 0.29) is 23.4 Å². The third kappa shape index (κ3) is 4.72. The lowest BCUT2D eigenvalue weighted by Crippen LogP contribution is -2.54. The maximum Gasteiger partial charge on any atom is 0.337 e. The lowest BCUT2D eigenvalue weighted by molar-refractivity contribution is 0.0696. The minimum atomic E-state index is -0.979. The standard InChI is InChI=1S/C27H22FN3O4/c28-19-8-10-20(11-9-19)29-26(32)18-6-12-21(13-7-18)35-22-16-31(17-22)24-5-3-4-23(27(33)34)25(24)30-14-1-2-15-30/h1-15,22H,16-17H2,(H,29,32)(H,33,34). The Morgan fingerprint density at radius 1 is 0.914 bits per heavy atom. The zero-order valence-corrected chi connectivity index (χ0v) is 18.6. The van der Waals surface area contributed by atoms with Crippen LogP contribution in [0.3, 0.4) is 0 Å². The molecule has 4 aromatic rings. The monoisotopic (exact) mass is 471 g/mol. The van der Waals surface area contributed by atoms with Gasteiger partial charge in [0.1, 0.15) is 17.7 Å². The summed E-state index contributed by atoms with van der Waals surface area (Å²) in [6.45, 7) is 1.20. The van der Waals surface area contributed by atoms with Gasteiger partial charge in [0.25, 0.3) is 5.91 Å². The second-order valence-electron chi connectivity index (χ2n) is 8.20. The highest BCUT2D eigenvalue weighted by molar-refractivity contribution is 6.04. The second-order valence-corrected chi connectivity index (χ2v) is 8.20. The predicted octanol–water partition coefficient (Wildman–Crippen LogP) is 4.83. The maximum absolute atomic E-state index is 13.0. The van der Waals surface area contributed by atoms with Crippen LogP contribution in [0.4, 0.5) is 15.8 Å². The van der Waals surface area contributed by atoms with Crippen LogP contribution in [0.1, 0.15) is 20.7 Å². The van der Waals surface area contributed by atoms with Crippen LogP contribution in [0.25, 0.3) is 5.69 Å². The number of aromatic nitrogens is 1. The van der Waals surface area contributed by atoms with Gasteiger partial charge in [0.05, 0.1) is 30.0 Å². The van der Waals surface area contributed by atoms with Crippen molar-refractivity contribution in [3.8, 4) is 11.4 Å². The van der Waals surface area contributed by atoms with E-state index in [0.29, 0.717) is 35.8 Å². The zero-order valence-electron chi connectivity index (χ0n) is 18.6. The van der Waals surface area contributed by atoms with Crippen LogP contribution < -0.4 is 15.0 Å². The van der Waals surface area contributed by atoms with Crippen molar-refractivity contribution in [3.05, 3.63) is 108 Å². The summed E-state index contributed by atoms with van der Waals surface area (Å²) in [5, 5.41) is 12.4. The Morgan fingerprint density at radius 3 is 2.26 bits per heavy atom. The number of hydrogen-bond acceptors (Lipinski definition) is 4. The van der Waals surface area contributed by atoms with E-state index in [9.17, 15) is 19.1 Å². The van der Waals surface area contributed by atoms with Gasteiger partial charge >= 0.3 is 5.97 Å². The van der Waals surface area contributed by atoms with E-state index in [1.807, 2.05) is 35.2 Å². The van der Waals surface area contributed by atoms with Crippen molar-refractivity contribution in [1.82, 2.24) is 4.57 Å². The van der Waals surface area contributed by atoms with E-state index in [4.69, 9.17) is 4.74 Å². The van der Waals surface area contributed by atoms with Crippen molar-refractivity contribution in [2.75, 3.05) is 23.3 Å². The molecule has 1 amide bonds. The number of carbonyl (C=O) groups is 2. The molecule has 35 heavy (non-hydrogen) atoms. The molecule has 2 N–H and O–H groups in total. The summed E-state index contributed by atoms with van der Waals surface area (Å²) < 4.78 is 20.9. The molecule has 5 rings (SSSR count). The molecule has 3 aromatic carbocycles. The van der Waals surface area contributed by atoms with Gasteiger partial charge in [-0.05, 0) is 72.8 Å². The third-order valence-electron chi connectivity index (χ3n) is 5.82. The first-order valence-electron chi connectivity index (χ1n) is 11.1. The van der Waals surface area contributed by atoms with Crippen LogP contribution in [-0.4, -0.2) is 40.7 Å². The van der Waals surface area contributed by atoms with Crippen molar-refractivity contribution in [2.24, 2.45) is 0 Å². The molecule has 0 radical (unpaired) electrons. The molecule has 0 atom stereocenters. The van der Waals surface area contributed by atoms with Crippen LogP contribution in [-0.2, 0) is 0 Å². The highest BCUT2D eigenvalue weighted by Crippen LogP contribution is 2.32. The first kappa shape index (κ1) is 22.2. The zero-order chi connectivity index (χ0) is 24.4. The smallest absolute Gasteiger partial charge is 0.337 e. The van der Waals surface area contributed by atoms with Crippen molar-refractivity contribution in [3.63, 3.8) is 0 Å². The average Bonchev–Trinajstić information content (AvgIpc) is 3.37. The summed E-state index contributed by atoms with van der Waals surface area (Å²) in [6, 6.07) is 21.4. The van der Waals surface area contributed by atoms with Crippen LogP contribution in [0.5, 0.6) is 5.75 Å². The Morgan fingerprint density at radius 2 is 1.60 bits per heavy atom. The number of aromatic carboxylic acids is 1. The summed E-state index contributed by atoms with van der Waals surface area (Å²) in [5.74, 6) is -1.01. The third-order valence-corrected chi connectivity index (χ3v) is 5.82. The lowest BCUT2D eigenvalue weighted by Gasteiger charge is -2.41. The Balaban J connectivity index is 1.22. The van der Waals surface area contributed by atoms with Crippen molar-refractivity contribution < 1.29 is 23.8 Å². The van der Waals surface area contributed by atoms with Gasteiger partial charge in [-0.25, -0.2) is 9.18 Å². The van der Waals surface area contributed by atoms with Crippen molar-refractivity contribution >= 4 is 23.3 Å². The Labute approximate surface area is 201 Å². The molecule has 0 bridgehead atoms. The number of hydrogen-bond donors (Lipinski definition) is 2. The largest absolute Gasteiger partial charge is 0.487 e. The molecule has 0 spiro atoms. The Bertz CT molecular complexity index is 1350. The molecule has 1 aliphatic rings. The molecular formula is C27H22FN3O4. The molecule has 1 aromatic heterocycles. The number of anilines is 2. The topological polar surface area (TPSA) is 83.8 Å². The molecule has 0 saturated carbocycles. The van der Waals surface area contributed by atoms with Gasteiger partial charge in [-0.15, -0.1) is 0 Å². The fourth-order valence-corrected chi connectivity index (χ4v) is 4.04. The van der Waals surface area contributed by atoms with E-state index >= 15 is 0 Å². The van der Waals surface area contributed by atoms with E-state index in [0.717, 1.165) is 5.69 Å². The van der Waals surface area contributed by atoms with E-state index in [2.05, 4.69) is 10.2 Å². The Kier molecular flexibility index (Phi) is 5.93. The molecule has 176 valence electrons. The van der Waals surface area contributed by atoms with Crippen LogP contribution in [0, 0.1) is 5.82 Å². The van der Waals surface area contributed by atoms with E-state index in [1.165, 1.54) is 24.3 Å². The number of carbonyl (C=O) groups excluding carboxylic acids is 1. The molecule has 0 aliphatic carbocycles. The minimum Gasteiger partial charge on any atom is -0.487 e. The van der Waals surface area contributed by atoms with Crippen molar-refractivity contribution in [2.45, 2.75) is 6.10 Å². The number of amides is 1. The second kappa shape index (κ2) is 9.34. The van der Waals surface area contributed by atoms with Gasteiger partial charge in [-0.3, -0.25) is 4.79 Å². The minimum absolute atomic E-state index is 0.0695. The normalized spacial score (nSPS) is 13.2. The van der Waals surface area contributed by atoms with Crippen LogP contribution >= 0.6 is 0 Å². The number of halogens is 1. The SMILES string of the molecule is O=C(Nc1ccc(F)cc1)c1ccc(OC2CN(c3cccc(C(=O)O)c3-n3cccc3)C2)cc1. The van der Waals surface area contributed by atoms with Gasteiger partial charge in [-0.2, -0.15) is 0 Å². The quantitative estimate of drug-likeness (QED) is 0.403.